The van der Waals surface area contributed by atoms with Gasteiger partial charge in [0.05, 0.1) is 5.25 Å². The van der Waals surface area contributed by atoms with Crippen LogP contribution in [0.5, 0.6) is 0 Å². The molecule has 1 aromatic carbocycles. The number of thioether (sulfide) groups is 1. The molecule has 0 spiro atoms. The normalized spacial score (nSPS) is 20.8. The molecule has 3 unspecified atom stereocenters. The molecule has 2 rings (SSSR count). The van der Waals surface area contributed by atoms with Crippen LogP contribution in [0.15, 0.2) is 29.2 Å². The molecule has 5 nitrogen and oxygen atoms in total. The van der Waals surface area contributed by atoms with Crippen molar-refractivity contribution in [2.24, 2.45) is 11.7 Å². The number of hydrogen-bond acceptors (Lipinski definition) is 4. The van der Waals surface area contributed by atoms with Gasteiger partial charge < -0.3 is 16.4 Å². The topological polar surface area (TPSA) is 84.2 Å². The van der Waals surface area contributed by atoms with E-state index in [1.165, 1.54) is 18.7 Å². The fourth-order valence-corrected chi connectivity index (χ4v) is 3.76. The predicted octanol–water partition coefficient (Wildman–Crippen LogP) is 2.79. The molecule has 0 aliphatic heterocycles. The molecule has 0 heterocycles. The average Bonchev–Trinajstić information content (AvgIpc) is 2.95. The van der Waals surface area contributed by atoms with E-state index in [2.05, 4.69) is 10.6 Å². The Morgan fingerprint density at radius 1 is 1.29 bits per heavy atom. The summed E-state index contributed by atoms with van der Waals surface area (Å²) < 4.78 is 0. The summed E-state index contributed by atoms with van der Waals surface area (Å²) in [5.74, 6) is 0.378. The van der Waals surface area contributed by atoms with Gasteiger partial charge in [-0.3, -0.25) is 9.59 Å². The number of anilines is 1. The molecule has 2 amide bonds. The second-order valence-electron chi connectivity index (χ2n) is 6.01. The summed E-state index contributed by atoms with van der Waals surface area (Å²) in [6.07, 6.45) is 3.27. The van der Waals surface area contributed by atoms with Crippen LogP contribution in [0.4, 0.5) is 5.69 Å². The van der Waals surface area contributed by atoms with Gasteiger partial charge in [-0.25, -0.2) is 0 Å². The molecule has 1 saturated carbocycles. The first-order chi connectivity index (χ1) is 11.0. The summed E-state index contributed by atoms with van der Waals surface area (Å²) in [7, 11) is 0. The molecule has 1 aromatic rings. The summed E-state index contributed by atoms with van der Waals surface area (Å²) >= 11 is 1.52. The van der Waals surface area contributed by atoms with Gasteiger partial charge in [0.1, 0.15) is 0 Å². The van der Waals surface area contributed by atoms with Gasteiger partial charge in [0.25, 0.3) is 0 Å². The fourth-order valence-electron chi connectivity index (χ4n) is 2.89. The minimum Gasteiger partial charge on any atom is -0.352 e. The smallest absolute Gasteiger partial charge is 0.233 e. The number of nitrogens with one attached hydrogen (secondary N) is 2. The van der Waals surface area contributed by atoms with E-state index < -0.39 is 0 Å². The quantitative estimate of drug-likeness (QED) is 0.671. The SMILES string of the molecule is CC(=O)Nc1ccc(SC(C)C(=O)NC2CCCC2CN)cc1.Cl. The lowest BCUT2D eigenvalue weighted by Crippen LogP contribution is -2.43. The number of nitrogens with two attached hydrogens (primary N) is 1. The third kappa shape index (κ3) is 6.00. The largest absolute Gasteiger partial charge is 0.352 e. The van der Waals surface area contributed by atoms with Crippen molar-refractivity contribution in [1.82, 2.24) is 5.32 Å². The monoisotopic (exact) mass is 371 g/mol. The highest BCUT2D eigenvalue weighted by molar-refractivity contribution is 8.00. The van der Waals surface area contributed by atoms with Gasteiger partial charge in [-0.1, -0.05) is 6.42 Å². The van der Waals surface area contributed by atoms with Crippen LogP contribution in [-0.4, -0.2) is 29.7 Å². The lowest BCUT2D eigenvalue weighted by molar-refractivity contribution is -0.121. The molecule has 1 aliphatic carbocycles. The van der Waals surface area contributed by atoms with E-state index in [0.29, 0.717) is 12.5 Å². The van der Waals surface area contributed by atoms with Crippen molar-refractivity contribution in [2.75, 3.05) is 11.9 Å². The molecule has 1 fully saturated rings. The minimum atomic E-state index is -0.166. The Labute approximate surface area is 153 Å². The molecule has 24 heavy (non-hydrogen) atoms. The first-order valence-corrected chi connectivity index (χ1v) is 8.92. The van der Waals surface area contributed by atoms with Crippen molar-refractivity contribution in [3.05, 3.63) is 24.3 Å². The lowest BCUT2D eigenvalue weighted by atomic mass is 10.0. The predicted molar refractivity (Wildman–Crippen MR) is 102 cm³/mol. The van der Waals surface area contributed by atoms with Gasteiger partial charge in [-0.2, -0.15) is 0 Å². The van der Waals surface area contributed by atoms with E-state index in [4.69, 9.17) is 5.73 Å². The van der Waals surface area contributed by atoms with Crippen LogP contribution >= 0.6 is 24.2 Å². The van der Waals surface area contributed by atoms with Gasteiger partial charge in [0, 0.05) is 23.5 Å². The molecular weight excluding hydrogens is 346 g/mol. The zero-order valence-electron chi connectivity index (χ0n) is 14.1. The standard InChI is InChI=1S/C17H25N3O2S.ClH/c1-11(17(22)20-16-5-3-4-13(16)10-18)23-15-8-6-14(7-9-15)19-12(2)21;/h6-9,11,13,16H,3-5,10,18H2,1-2H3,(H,19,21)(H,20,22);1H. The molecular formula is C17H26ClN3O2S. The van der Waals surface area contributed by atoms with Crippen molar-refractivity contribution in [2.45, 2.75) is 49.3 Å². The van der Waals surface area contributed by atoms with Crippen molar-refractivity contribution < 1.29 is 9.59 Å². The van der Waals surface area contributed by atoms with Crippen molar-refractivity contribution in [1.29, 1.82) is 0 Å². The number of halogens is 1. The molecule has 0 aromatic heterocycles. The summed E-state index contributed by atoms with van der Waals surface area (Å²) in [6, 6.07) is 7.74. The number of carbonyl (C=O) groups is 2. The Hall–Kier alpha value is -1.24. The van der Waals surface area contributed by atoms with E-state index in [1.54, 1.807) is 0 Å². The van der Waals surface area contributed by atoms with Crippen LogP contribution in [0.1, 0.15) is 33.1 Å². The van der Waals surface area contributed by atoms with Crippen molar-refractivity contribution >= 4 is 41.7 Å². The highest BCUT2D eigenvalue weighted by Crippen LogP contribution is 2.27. The molecule has 0 saturated heterocycles. The van der Waals surface area contributed by atoms with Gasteiger partial charge in [-0.05, 0) is 56.5 Å². The highest BCUT2D eigenvalue weighted by Gasteiger charge is 2.28. The molecule has 134 valence electrons. The summed E-state index contributed by atoms with van der Waals surface area (Å²) in [5, 5.41) is 5.70. The van der Waals surface area contributed by atoms with E-state index in [1.807, 2.05) is 31.2 Å². The third-order valence-corrected chi connectivity index (χ3v) is 5.26. The van der Waals surface area contributed by atoms with E-state index in [0.717, 1.165) is 29.8 Å². The number of amides is 2. The Balaban J connectivity index is 0.00000288. The molecule has 0 bridgehead atoms. The van der Waals surface area contributed by atoms with E-state index in [9.17, 15) is 9.59 Å². The van der Waals surface area contributed by atoms with Crippen LogP contribution in [0.3, 0.4) is 0 Å². The minimum absolute atomic E-state index is 0. The molecule has 3 atom stereocenters. The van der Waals surface area contributed by atoms with E-state index >= 15 is 0 Å². The van der Waals surface area contributed by atoms with Crippen LogP contribution in [0, 0.1) is 5.92 Å². The van der Waals surface area contributed by atoms with Crippen LogP contribution in [-0.2, 0) is 9.59 Å². The van der Waals surface area contributed by atoms with Crippen molar-refractivity contribution in [3.8, 4) is 0 Å². The first kappa shape index (κ1) is 20.8. The van der Waals surface area contributed by atoms with Gasteiger partial charge in [0.15, 0.2) is 0 Å². The third-order valence-electron chi connectivity index (χ3n) is 4.15. The fraction of sp³-hybridized carbons (Fsp3) is 0.529. The Kier molecular flexibility index (Phi) is 8.59. The van der Waals surface area contributed by atoms with Crippen LogP contribution in [0.25, 0.3) is 0 Å². The number of rotatable bonds is 6. The Morgan fingerprint density at radius 3 is 2.54 bits per heavy atom. The zero-order chi connectivity index (χ0) is 16.8. The van der Waals surface area contributed by atoms with Crippen LogP contribution < -0.4 is 16.4 Å². The molecule has 4 N–H and O–H groups in total. The van der Waals surface area contributed by atoms with E-state index in [-0.39, 0.29) is 35.5 Å². The Bertz CT molecular complexity index is 553. The second kappa shape index (κ2) is 9.91. The molecule has 7 heteroatoms. The summed E-state index contributed by atoms with van der Waals surface area (Å²) in [6.45, 7) is 4.03. The maximum Gasteiger partial charge on any atom is 0.233 e. The number of benzene rings is 1. The first-order valence-electron chi connectivity index (χ1n) is 8.04. The Morgan fingerprint density at radius 2 is 1.96 bits per heavy atom. The molecule has 1 aliphatic rings. The number of carbonyl (C=O) groups excluding carboxylic acids is 2. The second-order valence-corrected chi connectivity index (χ2v) is 7.42. The average molecular weight is 372 g/mol. The van der Waals surface area contributed by atoms with Crippen LogP contribution in [0.2, 0.25) is 0 Å². The maximum absolute atomic E-state index is 12.3. The van der Waals surface area contributed by atoms with Crippen molar-refractivity contribution in [3.63, 3.8) is 0 Å². The maximum atomic E-state index is 12.3. The summed E-state index contributed by atoms with van der Waals surface area (Å²) in [5.41, 5.74) is 6.52. The lowest BCUT2D eigenvalue weighted by Gasteiger charge is -2.21. The molecule has 0 radical (unpaired) electrons. The van der Waals surface area contributed by atoms with Gasteiger partial charge in [0.2, 0.25) is 11.8 Å². The summed E-state index contributed by atoms with van der Waals surface area (Å²) in [4.78, 5) is 24.4. The van der Waals surface area contributed by atoms with Gasteiger partial charge >= 0.3 is 0 Å². The van der Waals surface area contributed by atoms with Gasteiger partial charge in [-0.15, -0.1) is 24.2 Å². The number of hydrogen-bond donors (Lipinski definition) is 3. The zero-order valence-corrected chi connectivity index (χ0v) is 15.7. The highest BCUT2D eigenvalue weighted by atomic mass is 35.5.